The summed E-state index contributed by atoms with van der Waals surface area (Å²) in [6, 6.07) is 13.2. The van der Waals surface area contributed by atoms with E-state index < -0.39 is 0 Å². The molecule has 0 spiro atoms. The normalized spacial score (nSPS) is 10.6. The van der Waals surface area contributed by atoms with Crippen LogP contribution in [0.4, 0.5) is 5.69 Å². The third-order valence-corrected chi connectivity index (χ3v) is 3.82. The van der Waals surface area contributed by atoms with E-state index in [4.69, 9.17) is 23.8 Å². The maximum absolute atomic E-state index is 11.9. The second-order valence-corrected chi connectivity index (χ2v) is 5.88. The molecule has 0 saturated carbocycles. The maximum Gasteiger partial charge on any atom is 0.250 e. The Morgan fingerprint density at radius 3 is 2.39 bits per heavy atom. The summed E-state index contributed by atoms with van der Waals surface area (Å²) in [5.41, 5.74) is 3.81. The monoisotopic (exact) mass is 344 g/mol. The van der Waals surface area contributed by atoms with Crippen molar-refractivity contribution in [2.45, 2.75) is 13.8 Å². The molecule has 0 radical (unpaired) electrons. The molecule has 3 nitrogen and oxygen atoms in total. The van der Waals surface area contributed by atoms with Crippen molar-refractivity contribution in [2.75, 3.05) is 5.32 Å². The SMILES string of the molecule is Cc1cccc(C)c1NC(=S)NC(=O)C=Cc1ccccc1Cl. The predicted octanol–water partition coefficient (Wildman–Crippen LogP) is 4.48. The van der Waals surface area contributed by atoms with Crippen molar-refractivity contribution < 1.29 is 4.79 Å². The second kappa shape index (κ2) is 7.90. The molecule has 2 N–H and O–H groups in total. The van der Waals surface area contributed by atoms with Crippen LogP contribution < -0.4 is 10.6 Å². The van der Waals surface area contributed by atoms with E-state index in [1.165, 1.54) is 6.08 Å². The van der Waals surface area contributed by atoms with Gasteiger partial charge in [-0.1, -0.05) is 48.0 Å². The number of para-hydroxylation sites is 1. The lowest BCUT2D eigenvalue weighted by atomic mass is 10.1. The highest BCUT2D eigenvalue weighted by Crippen LogP contribution is 2.19. The van der Waals surface area contributed by atoms with E-state index in [1.807, 2.05) is 50.2 Å². The van der Waals surface area contributed by atoms with Crippen molar-refractivity contribution in [3.8, 4) is 0 Å². The molecule has 2 rings (SSSR count). The van der Waals surface area contributed by atoms with Gasteiger partial charge in [0.1, 0.15) is 0 Å². The highest BCUT2D eigenvalue weighted by Gasteiger charge is 2.06. The third kappa shape index (κ3) is 4.91. The molecule has 0 aromatic heterocycles. The molecule has 0 heterocycles. The number of aryl methyl sites for hydroxylation is 2. The van der Waals surface area contributed by atoms with Gasteiger partial charge in [0, 0.05) is 16.8 Å². The number of halogens is 1. The van der Waals surface area contributed by atoms with E-state index >= 15 is 0 Å². The molecule has 2 aromatic carbocycles. The van der Waals surface area contributed by atoms with Gasteiger partial charge in [0.05, 0.1) is 0 Å². The topological polar surface area (TPSA) is 41.1 Å². The largest absolute Gasteiger partial charge is 0.332 e. The molecule has 0 fully saturated rings. The summed E-state index contributed by atoms with van der Waals surface area (Å²) in [5, 5.41) is 6.53. The van der Waals surface area contributed by atoms with Gasteiger partial charge < -0.3 is 5.32 Å². The van der Waals surface area contributed by atoms with Crippen molar-refractivity contribution >= 4 is 46.6 Å². The highest BCUT2D eigenvalue weighted by molar-refractivity contribution is 7.80. The minimum atomic E-state index is -0.311. The Kier molecular flexibility index (Phi) is 5.90. The Bertz CT molecular complexity index is 751. The minimum absolute atomic E-state index is 0.260. The van der Waals surface area contributed by atoms with Gasteiger partial charge in [-0.2, -0.15) is 0 Å². The van der Waals surface area contributed by atoms with Crippen LogP contribution in [0.25, 0.3) is 6.08 Å². The first-order chi connectivity index (χ1) is 11.0. The number of nitrogens with one attached hydrogen (secondary N) is 2. The molecular formula is C18H17ClN2OS. The van der Waals surface area contributed by atoms with Gasteiger partial charge in [-0.05, 0) is 54.9 Å². The first-order valence-corrected chi connectivity index (χ1v) is 7.87. The molecule has 0 atom stereocenters. The minimum Gasteiger partial charge on any atom is -0.332 e. The Balaban J connectivity index is 1.98. The Morgan fingerprint density at radius 2 is 1.74 bits per heavy atom. The second-order valence-electron chi connectivity index (χ2n) is 5.07. The molecular weight excluding hydrogens is 328 g/mol. The van der Waals surface area contributed by atoms with Crippen LogP contribution in [0.15, 0.2) is 48.5 Å². The molecule has 0 saturated heterocycles. The zero-order valence-electron chi connectivity index (χ0n) is 12.9. The van der Waals surface area contributed by atoms with Gasteiger partial charge in [-0.25, -0.2) is 0 Å². The third-order valence-electron chi connectivity index (χ3n) is 3.28. The zero-order valence-corrected chi connectivity index (χ0v) is 14.5. The molecule has 5 heteroatoms. The van der Waals surface area contributed by atoms with Crippen molar-refractivity contribution in [1.82, 2.24) is 5.32 Å². The lowest BCUT2D eigenvalue weighted by Gasteiger charge is -2.13. The van der Waals surface area contributed by atoms with Gasteiger partial charge in [-0.15, -0.1) is 0 Å². The summed E-state index contributed by atoms with van der Waals surface area (Å²) >= 11 is 11.2. The maximum atomic E-state index is 11.9. The van der Waals surface area contributed by atoms with Crippen molar-refractivity contribution in [2.24, 2.45) is 0 Å². The fraction of sp³-hybridized carbons (Fsp3) is 0.111. The lowest BCUT2D eigenvalue weighted by molar-refractivity contribution is -0.115. The van der Waals surface area contributed by atoms with E-state index in [1.54, 1.807) is 12.1 Å². The van der Waals surface area contributed by atoms with E-state index in [0.29, 0.717) is 5.02 Å². The quantitative estimate of drug-likeness (QED) is 0.637. The van der Waals surface area contributed by atoms with E-state index in [0.717, 1.165) is 22.4 Å². The molecule has 23 heavy (non-hydrogen) atoms. The summed E-state index contributed by atoms with van der Waals surface area (Å²) in [5.74, 6) is -0.311. The fourth-order valence-electron chi connectivity index (χ4n) is 2.09. The van der Waals surface area contributed by atoms with Crippen molar-refractivity contribution in [1.29, 1.82) is 0 Å². The van der Waals surface area contributed by atoms with Gasteiger partial charge in [0.15, 0.2) is 5.11 Å². The Morgan fingerprint density at radius 1 is 1.09 bits per heavy atom. The average Bonchev–Trinajstić information content (AvgIpc) is 2.50. The first kappa shape index (κ1) is 17.2. The summed E-state index contributed by atoms with van der Waals surface area (Å²) in [7, 11) is 0. The molecule has 0 aliphatic carbocycles. The number of rotatable bonds is 3. The Labute approximate surface area is 146 Å². The predicted molar refractivity (Wildman–Crippen MR) is 101 cm³/mol. The number of thiocarbonyl (C=S) groups is 1. The number of hydrogen-bond donors (Lipinski definition) is 2. The van der Waals surface area contributed by atoms with E-state index in [2.05, 4.69) is 10.6 Å². The molecule has 0 bridgehead atoms. The number of anilines is 1. The number of amides is 1. The van der Waals surface area contributed by atoms with Crippen LogP contribution in [0.3, 0.4) is 0 Å². The number of carbonyl (C=O) groups is 1. The number of hydrogen-bond acceptors (Lipinski definition) is 2. The van der Waals surface area contributed by atoms with Crippen LogP contribution in [0.1, 0.15) is 16.7 Å². The zero-order chi connectivity index (χ0) is 16.8. The molecule has 118 valence electrons. The standard InChI is InChI=1S/C18H17ClN2OS/c1-12-6-5-7-13(2)17(12)21-18(23)20-16(22)11-10-14-8-3-4-9-15(14)19/h3-11H,1-2H3,(H2,20,21,22,23). The van der Waals surface area contributed by atoms with Crippen LogP contribution >= 0.6 is 23.8 Å². The van der Waals surface area contributed by atoms with Crippen LogP contribution in [-0.4, -0.2) is 11.0 Å². The summed E-state index contributed by atoms with van der Waals surface area (Å²) in [4.78, 5) is 11.9. The summed E-state index contributed by atoms with van der Waals surface area (Å²) in [6.45, 7) is 3.97. The van der Waals surface area contributed by atoms with Crippen LogP contribution in [0.5, 0.6) is 0 Å². The fourth-order valence-corrected chi connectivity index (χ4v) is 2.49. The van der Waals surface area contributed by atoms with Crippen molar-refractivity contribution in [3.63, 3.8) is 0 Å². The molecule has 1 amide bonds. The van der Waals surface area contributed by atoms with Crippen LogP contribution in [-0.2, 0) is 4.79 Å². The molecule has 0 aliphatic rings. The highest BCUT2D eigenvalue weighted by atomic mass is 35.5. The van der Waals surface area contributed by atoms with Gasteiger partial charge in [0.2, 0.25) is 5.91 Å². The van der Waals surface area contributed by atoms with Crippen LogP contribution in [0.2, 0.25) is 5.02 Å². The van der Waals surface area contributed by atoms with E-state index in [-0.39, 0.29) is 11.0 Å². The average molecular weight is 345 g/mol. The molecule has 0 aliphatic heterocycles. The summed E-state index contributed by atoms with van der Waals surface area (Å²) < 4.78 is 0. The van der Waals surface area contributed by atoms with Crippen molar-refractivity contribution in [3.05, 3.63) is 70.3 Å². The first-order valence-electron chi connectivity index (χ1n) is 7.08. The van der Waals surface area contributed by atoms with Gasteiger partial charge in [-0.3, -0.25) is 10.1 Å². The lowest BCUT2D eigenvalue weighted by Crippen LogP contribution is -2.33. The number of carbonyl (C=O) groups excluding carboxylic acids is 1. The van der Waals surface area contributed by atoms with Gasteiger partial charge >= 0.3 is 0 Å². The molecule has 0 unspecified atom stereocenters. The summed E-state index contributed by atoms with van der Waals surface area (Å²) in [6.07, 6.45) is 3.05. The molecule has 2 aromatic rings. The van der Waals surface area contributed by atoms with Gasteiger partial charge in [0.25, 0.3) is 0 Å². The number of benzene rings is 2. The van der Waals surface area contributed by atoms with Crippen LogP contribution in [0, 0.1) is 13.8 Å². The Hall–Kier alpha value is -2.17. The smallest absolute Gasteiger partial charge is 0.250 e. The van der Waals surface area contributed by atoms with E-state index in [9.17, 15) is 4.79 Å².